The maximum absolute atomic E-state index is 6.10. The average Bonchev–Trinajstić information content (AvgIpc) is 2.76. The Morgan fingerprint density at radius 2 is 2.06 bits per heavy atom. The number of aromatic nitrogens is 3. The Bertz CT molecular complexity index is 710. The maximum atomic E-state index is 6.10. The third kappa shape index (κ3) is 1.95. The van der Waals surface area contributed by atoms with Crippen molar-refractivity contribution in [1.29, 1.82) is 0 Å². The molecular weight excluding hydrogens is 316 g/mol. The van der Waals surface area contributed by atoms with E-state index in [4.69, 9.17) is 11.6 Å². The third-order valence-electron chi connectivity index (χ3n) is 2.51. The van der Waals surface area contributed by atoms with Gasteiger partial charge in [-0.2, -0.15) is 0 Å². The first-order valence-electron chi connectivity index (χ1n) is 5.25. The van der Waals surface area contributed by atoms with Crippen LogP contribution >= 0.6 is 27.5 Å². The van der Waals surface area contributed by atoms with Gasteiger partial charge in [-0.15, -0.1) is 0 Å². The molecule has 0 spiro atoms. The Kier molecular flexibility index (Phi) is 2.93. The molecule has 18 heavy (non-hydrogen) atoms. The molecule has 0 saturated carbocycles. The Morgan fingerprint density at radius 1 is 1.22 bits per heavy atom. The van der Waals surface area contributed by atoms with Crippen molar-refractivity contribution in [3.8, 4) is 0 Å². The highest BCUT2D eigenvalue weighted by Gasteiger charge is 2.08. The minimum absolute atomic E-state index is 0.645. The first kappa shape index (κ1) is 11.5. The summed E-state index contributed by atoms with van der Waals surface area (Å²) in [6, 6.07) is 7.51. The van der Waals surface area contributed by atoms with Crippen molar-refractivity contribution < 1.29 is 0 Å². The zero-order chi connectivity index (χ0) is 12.5. The molecule has 2 heterocycles. The Morgan fingerprint density at radius 3 is 2.89 bits per heavy atom. The smallest absolute Gasteiger partial charge is 0.181 e. The van der Waals surface area contributed by atoms with E-state index >= 15 is 0 Å². The fourth-order valence-corrected chi connectivity index (χ4v) is 2.24. The molecule has 0 aliphatic rings. The molecule has 0 bridgehead atoms. The molecule has 3 rings (SSSR count). The van der Waals surface area contributed by atoms with E-state index in [1.54, 1.807) is 12.4 Å². The molecule has 0 aliphatic carbocycles. The van der Waals surface area contributed by atoms with Crippen molar-refractivity contribution >= 4 is 44.7 Å². The summed E-state index contributed by atoms with van der Waals surface area (Å²) >= 11 is 9.52. The van der Waals surface area contributed by atoms with Crippen molar-refractivity contribution in [3.63, 3.8) is 0 Å². The van der Waals surface area contributed by atoms with Crippen LogP contribution in [0.25, 0.3) is 5.65 Å². The lowest BCUT2D eigenvalue weighted by Gasteiger charge is -2.08. The second kappa shape index (κ2) is 4.59. The van der Waals surface area contributed by atoms with E-state index < -0.39 is 0 Å². The lowest BCUT2D eigenvalue weighted by atomic mass is 10.3. The monoisotopic (exact) mass is 322 g/mol. The largest absolute Gasteiger partial charge is 0.336 e. The molecule has 1 aromatic carbocycles. The highest BCUT2D eigenvalue weighted by Crippen LogP contribution is 2.26. The first-order chi connectivity index (χ1) is 8.75. The van der Waals surface area contributed by atoms with Crippen molar-refractivity contribution in [2.24, 2.45) is 0 Å². The van der Waals surface area contributed by atoms with Crippen LogP contribution in [0.1, 0.15) is 0 Å². The van der Waals surface area contributed by atoms with Crippen LogP contribution in [-0.2, 0) is 0 Å². The van der Waals surface area contributed by atoms with Crippen molar-refractivity contribution in [3.05, 3.63) is 52.5 Å². The number of imidazole rings is 1. The van der Waals surface area contributed by atoms with Crippen LogP contribution in [0, 0.1) is 0 Å². The van der Waals surface area contributed by atoms with Gasteiger partial charge in [0.2, 0.25) is 0 Å². The lowest BCUT2D eigenvalue weighted by Crippen LogP contribution is -1.98. The van der Waals surface area contributed by atoms with Gasteiger partial charge in [0, 0.05) is 12.4 Å². The van der Waals surface area contributed by atoms with Crippen LogP contribution < -0.4 is 5.32 Å². The predicted octanol–water partition coefficient (Wildman–Crippen LogP) is 3.89. The standard InChI is InChI=1S/C12H8BrClN4/c13-10-7-16-12-11(15-5-6-18(10)12)17-9-4-2-1-3-8(9)14/h1-7H,(H,15,17). The van der Waals surface area contributed by atoms with E-state index in [0.29, 0.717) is 10.8 Å². The van der Waals surface area contributed by atoms with Crippen molar-refractivity contribution in [2.75, 3.05) is 5.32 Å². The fraction of sp³-hybridized carbons (Fsp3) is 0. The maximum Gasteiger partial charge on any atom is 0.181 e. The summed E-state index contributed by atoms with van der Waals surface area (Å²) < 4.78 is 2.77. The van der Waals surface area contributed by atoms with Crippen LogP contribution in [0.15, 0.2) is 47.5 Å². The molecule has 0 amide bonds. The lowest BCUT2D eigenvalue weighted by molar-refractivity contribution is 1.11. The number of fused-ring (bicyclic) bond motifs is 1. The van der Waals surface area contributed by atoms with Crippen LogP contribution in [0.4, 0.5) is 11.5 Å². The molecule has 90 valence electrons. The van der Waals surface area contributed by atoms with Crippen LogP contribution in [-0.4, -0.2) is 14.4 Å². The molecular formula is C12H8BrClN4. The van der Waals surface area contributed by atoms with E-state index in [2.05, 4.69) is 31.2 Å². The van der Waals surface area contributed by atoms with E-state index in [9.17, 15) is 0 Å². The molecule has 0 atom stereocenters. The molecule has 2 aromatic heterocycles. The highest BCUT2D eigenvalue weighted by molar-refractivity contribution is 9.10. The van der Waals surface area contributed by atoms with E-state index in [0.717, 1.165) is 15.9 Å². The summed E-state index contributed by atoms with van der Waals surface area (Å²) in [6.07, 6.45) is 5.28. The van der Waals surface area contributed by atoms with Gasteiger partial charge in [-0.1, -0.05) is 23.7 Å². The number of hydrogen-bond acceptors (Lipinski definition) is 3. The van der Waals surface area contributed by atoms with Gasteiger partial charge in [-0.05, 0) is 28.1 Å². The van der Waals surface area contributed by atoms with Crippen molar-refractivity contribution in [1.82, 2.24) is 14.4 Å². The number of nitrogens with one attached hydrogen (secondary N) is 1. The zero-order valence-corrected chi connectivity index (χ0v) is 11.5. The average molecular weight is 324 g/mol. The quantitative estimate of drug-likeness (QED) is 0.778. The fourth-order valence-electron chi connectivity index (χ4n) is 1.67. The Hall–Kier alpha value is -1.59. The Labute approximate surface area is 117 Å². The van der Waals surface area contributed by atoms with Gasteiger partial charge in [-0.25, -0.2) is 9.97 Å². The van der Waals surface area contributed by atoms with Gasteiger partial charge in [0.1, 0.15) is 4.60 Å². The predicted molar refractivity (Wildman–Crippen MR) is 75.4 cm³/mol. The zero-order valence-electron chi connectivity index (χ0n) is 9.14. The number of halogens is 2. The molecule has 4 nitrogen and oxygen atoms in total. The second-order valence-electron chi connectivity index (χ2n) is 3.66. The Balaban J connectivity index is 2.08. The molecule has 3 aromatic rings. The second-order valence-corrected chi connectivity index (χ2v) is 4.87. The summed E-state index contributed by atoms with van der Waals surface area (Å²) in [7, 11) is 0. The van der Waals surface area contributed by atoms with Crippen molar-refractivity contribution in [2.45, 2.75) is 0 Å². The molecule has 0 fully saturated rings. The number of benzene rings is 1. The van der Waals surface area contributed by atoms with Crippen LogP contribution in [0.2, 0.25) is 5.02 Å². The molecule has 0 saturated heterocycles. The van der Waals surface area contributed by atoms with Crippen LogP contribution in [0.3, 0.4) is 0 Å². The van der Waals surface area contributed by atoms with Gasteiger partial charge >= 0.3 is 0 Å². The van der Waals surface area contributed by atoms with Gasteiger partial charge in [0.15, 0.2) is 11.5 Å². The molecule has 6 heteroatoms. The molecule has 1 N–H and O–H groups in total. The number of nitrogens with zero attached hydrogens (tertiary/aromatic N) is 3. The van der Waals surface area contributed by atoms with E-state index in [-0.39, 0.29) is 0 Å². The number of rotatable bonds is 2. The first-order valence-corrected chi connectivity index (χ1v) is 6.42. The number of anilines is 2. The summed E-state index contributed by atoms with van der Waals surface area (Å²) in [5, 5.41) is 3.83. The normalized spacial score (nSPS) is 10.8. The molecule has 0 aliphatic heterocycles. The summed E-state index contributed by atoms with van der Waals surface area (Å²) in [4.78, 5) is 8.57. The molecule has 0 unspecified atom stereocenters. The van der Waals surface area contributed by atoms with Gasteiger partial charge in [0.05, 0.1) is 16.9 Å². The SMILES string of the molecule is Clc1ccccc1Nc1nccn2c(Br)cnc12. The van der Waals surface area contributed by atoms with E-state index in [1.165, 1.54) is 0 Å². The van der Waals surface area contributed by atoms with Gasteiger partial charge in [-0.3, -0.25) is 4.40 Å². The summed E-state index contributed by atoms with van der Waals surface area (Å²) in [6.45, 7) is 0. The summed E-state index contributed by atoms with van der Waals surface area (Å²) in [5.74, 6) is 0.663. The number of hydrogen-bond donors (Lipinski definition) is 1. The van der Waals surface area contributed by atoms with Crippen LogP contribution in [0.5, 0.6) is 0 Å². The van der Waals surface area contributed by atoms with Gasteiger partial charge in [0.25, 0.3) is 0 Å². The highest BCUT2D eigenvalue weighted by atomic mass is 79.9. The summed E-state index contributed by atoms with van der Waals surface area (Å²) in [5.41, 5.74) is 1.54. The minimum atomic E-state index is 0.645. The third-order valence-corrected chi connectivity index (χ3v) is 3.43. The minimum Gasteiger partial charge on any atom is -0.336 e. The molecule has 0 radical (unpaired) electrons. The topological polar surface area (TPSA) is 42.2 Å². The number of para-hydroxylation sites is 1. The van der Waals surface area contributed by atoms with E-state index in [1.807, 2.05) is 34.9 Å². The van der Waals surface area contributed by atoms with Gasteiger partial charge < -0.3 is 5.32 Å².